The summed E-state index contributed by atoms with van der Waals surface area (Å²) in [6.07, 6.45) is -9.75. The normalized spacial score (nSPS) is 14.2. The molecule has 92 valence electrons. The second-order valence-electron chi connectivity index (χ2n) is 3.06. The standard InChI is InChI=1S/C7H6F6N2O/c8-6(9,10)5(16,7(11,12)13)4-15-3-1-2-14-15/h1-3,16H,4H2. The zero-order valence-electron chi connectivity index (χ0n) is 7.55. The van der Waals surface area contributed by atoms with E-state index in [1.807, 2.05) is 0 Å². The van der Waals surface area contributed by atoms with E-state index in [0.29, 0.717) is 4.68 Å². The van der Waals surface area contributed by atoms with Crippen molar-refractivity contribution in [2.45, 2.75) is 24.5 Å². The van der Waals surface area contributed by atoms with Crippen molar-refractivity contribution in [2.24, 2.45) is 0 Å². The van der Waals surface area contributed by atoms with E-state index in [-0.39, 0.29) is 0 Å². The summed E-state index contributed by atoms with van der Waals surface area (Å²) in [6, 6.07) is 1.15. The van der Waals surface area contributed by atoms with Gasteiger partial charge in [-0.1, -0.05) is 0 Å². The van der Waals surface area contributed by atoms with Crippen LogP contribution in [0, 0.1) is 0 Å². The van der Waals surface area contributed by atoms with Crippen LogP contribution in [0.5, 0.6) is 0 Å². The fraction of sp³-hybridized carbons (Fsp3) is 0.571. The molecule has 0 amide bonds. The van der Waals surface area contributed by atoms with E-state index in [0.717, 1.165) is 18.5 Å². The van der Waals surface area contributed by atoms with Crippen LogP contribution in [-0.2, 0) is 6.54 Å². The Bertz CT molecular complexity index is 327. The number of hydrogen-bond donors (Lipinski definition) is 1. The third-order valence-electron chi connectivity index (χ3n) is 1.89. The van der Waals surface area contributed by atoms with Gasteiger partial charge in [-0.25, -0.2) is 0 Å². The lowest BCUT2D eigenvalue weighted by Crippen LogP contribution is -2.59. The Kier molecular flexibility index (Phi) is 2.92. The van der Waals surface area contributed by atoms with Gasteiger partial charge in [0.05, 0.1) is 6.54 Å². The monoisotopic (exact) mass is 248 g/mol. The van der Waals surface area contributed by atoms with Crippen molar-refractivity contribution < 1.29 is 31.4 Å². The van der Waals surface area contributed by atoms with E-state index in [2.05, 4.69) is 5.10 Å². The van der Waals surface area contributed by atoms with Crippen LogP contribution < -0.4 is 0 Å². The van der Waals surface area contributed by atoms with Crippen molar-refractivity contribution in [3.05, 3.63) is 18.5 Å². The lowest BCUT2D eigenvalue weighted by Gasteiger charge is -2.31. The molecule has 0 spiro atoms. The number of alkyl halides is 6. The van der Waals surface area contributed by atoms with Crippen LogP contribution in [-0.4, -0.2) is 32.8 Å². The predicted molar refractivity (Wildman–Crippen MR) is 39.3 cm³/mol. The summed E-state index contributed by atoms with van der Waals surface area (Å²) < 4.78 is 73.4. The second-order valence-corrected chi connectivity index (χ2v) is 3.06. The smallest absolute Gasteiger partial charge is 0.372 e. The van der Waals surface area contributed by atoms with Crippen LogP contribution in [0.25, 0.3) is 0 Å². The molecule has 3 nitrogen and oxygen atoms in total. The lowest BCUT2D eigenvalue weighted by molar-refractivity contribution is -0.372. The molecule has 0 saturated heterocycles. The third kappa shape index (κ3) is 2.13. The van der Waals surface area contributed by atoms with Gasteiger partial charge < -0.3 is 5.11 Å². The fourth-order valence-electron chi connectivity index (χ4n) is 0.968. The topological polar surface area (TPSA) is 38.0 Å². The highest BCUT2D eigenvalue weighted by molar-refractivity contribution is 4.94. The van der Waals surface area contributed by atoms with Gasteiger partial charge in [0.15, 0.2) is 0 Å². The van der Waals surface area contributed by atoms with Crippen LogP contribution in [0.3, 0.4) is 0 Å². The molecule has 0 radical (unpaired) electrons. The van der Waals surface area contributed by atoms with Crippen molar-refractivity contribution in [3.8, 4) is 0 Å². The maximum Gasteiger partial charge on any atom is 0.428 e. The summed E-state index contributed by atoms with van der Waals surface area (Å²) in [6.45, 7) is -1.73. The summed E-state index contributed by atoms with van der Waals surface area (Å²) in [5.41, 5.74) is -4.80. The molecule has 0 unspecified atom stereocenters. The van der Waals surface area contributed by atoms with Gasteiger partial charge in [-0.05, 0) is 6.07 Å². The zero-order valence-corrected chi connectivity index (χ0v) is 7.55. The van der Waals surface area contributed by atoms with Gasteiger partial charge >= 0.3 is 12.4 Å². The largest absolute Gasteiger partial charge is 0.428 e. The predicted octanol–water partition coefficient (Wildman–Crippen LogP) is 1.74. The number of aromatic nitrogens is 2. The number of aliphatic hydroxyl groups is 1. The quantitative estimate of drug-likeness (QED) is 0.809. The molecule has 0 aliphatic heterocycles. The van der Waals surface area contributed by atoms with E-state index in [1.165, 1.54) is 0 Å². The highest BCUT2D eigenvalue weighted by Crippen LogP contribution is 2.43. The molecule has 1 aromatic heterocycles. The molecule has 1 N–H and O–H groups in total. The maximum absolute atomic E-state index is 12.2. The SMILES string of the molecule is OC(Cn1cccn1)(C(F)(F)F)C(F)(F)F. The Labute approximate surface area is 85.3 Å². The molecule has 1 rings (SSSR count). The first kappa shape index (κ1) is 12.8. The summed E-state index contributed by atoms with van der Waals surface area (Å²) in [4.78, 5) is 0. The molecule has 9 heteroatoms. The van der Waals surface area contributed by atoms with Gasteiger partial charge in [-0.15, -0.1) is 0 Å². The molecule has 1 heterocycles. The minimum absolute atomic E-state index is 0.362. The minimum atomic E-state index is -5.82. The van der Waals surface area contributed by atoms with Gasteiger partial charge in [0.2, 0.25) is 0 Å². The molecule has 0 atom stereocenters. The van der Waals surface area contributed by atoms with Crippen molar-refractivity contribution in [1.82, 2.24) is 9.78 Å². The van der Waals surface area contributed by atoms with Gasteiger partial charge in [-0.3, -0.25) is 4.68 Å². The van der Waals surface area contributed by atoms with Gasteiger partial charge in [0.1, 0.15) is 0 Å². The molecule has 0 bridgehead atoms. The van der Waals surface area contributed by atoms with Crippen LogP contribution in [0.4, 0.5) is 26.3 Å². The van der Waals surface area contributed by atoms with Crippen LogP contribution >= 0.6 is 0 Å². The zero-order chi connectivity index (χ0) is 12.6. The Morgan fingerprint density at radius 2 is 1.56 bits per heavy atom. The lowest BCUT2D eigenvalue weighted by atomic mass is 10.0. The highest BCUT2D eigenvalue weighted by Gasteiger charge is 2.70. The van der Waals surface area contributed by atoms with E-state index < -0.39 is 24.5 Å². The minimum Gasteiger partial charge on any atom is -0.372 e. The summed E-state index contributed by atoms with van der Waals surface area (Å²) in [5.74, 6) is 0. The van der Waals surface area contributed by atoms with E-state index in [1.54, 1.807) is 0 Å². The van der Waals surface area contributed by atoms with Crippen molar-refractivity contribution in [3.63, 3.8) is 0 Å². The molecule has 0 aromatic carbocycles. The van der Waals surface area contributed by atoms with E-state index in [9.17, 15) is 26.3 Å². The van der Waals surface area contributed by atoms with Gasteiger partial charge in [-0.2, -0.15) is 31.4 Å². The van der Waals surface area contributed by atoms with Crippen LogP contribution in [0.15, 0.2) is 18.5 Å². The Morgan fingerprint density at radius 1 is 1.06 bits per heavy atom. The Hall–Kier alpha value is -1.25. The van der Waals surface area contributed by atoms with Crippen molar-refractivity contribution in [2.75, 3.05) is 0 Å². The van der Waals surface area contributed by atoms with Crippen molar-refractivity contribution in [1.29, 1.82) is 0 Å². The fourth-order valence-corrected chi connectivity index (χ4v) is 0.968. The van der Waals surface area contributed by atoms with Crippen molar-refractivity contribution >= 4 is 0 Å². The Morgan fingerprint density at radius 3 is 1.88 bits per heavy atom. The summed E-state index contributed by atoms with van der Waals surface area (Å²) in [7, 11) is 0. The molecular formula is C7H6F6N2O. The molecular weight excluding hydrogens is 242 g/mol. The molecule has 16 heavy (non-hydrogen) atoms. The van der Waals surface area contributed by atoms with Gasteiger partial charge in [0.25, 0.3) is 5.60 Å². The first-order valence-electron chi connectivity index (χ1n) is 3.91. The number of hydrogen-bond acceptors (Lipinski definition) is 2. The number of nitrogens with zero attached hydrogens (tertiary/aromatic N) is 2. The summed E-state index contributed by atoms with van der Waals surface area (Å²) in [5, 5.41) is 11.9. The average molecular weight is 248 g/mol. The average Bonchev–Trinajstić information content (AvgIpc) is 2.52. The first-order chi connectivity index (χ1) is 7.08. The van der Waals surface area contributed by atoms with Crippen LogP contribution in [0.2, 0.25) is 0 Å². The molecule has 0 saturated carbocycles. The third-order valence-corrected chi connectivity index (χ3v) is 1.89. The van der Waals surface area contributed by atoms with E-state index >= 15 is 0 Å². The number of rotatable bonds is 2. The van der Waals surface area contributed by atoms with Gasteiger partial charge in [0, 0.05) is 12.4 Å². The Balaban J connectivity index is 3.07. The molecule has 0 fully saturated rings. The van der Waals surface area contributed by atoms with E-state index in [4.69, 9.17) is 5.11 Å². The first-order valence-corrected chi connectivity index (χ1v) is 3.91. The molecule has 1 aromatic rings. The molecule has 0 aliphatic rings. The van der Waals surface area contributed by atoms with Crippen LogP contribution in [0.1, 0.15) is 0 Å². The highest BCUT2D eigenvalue weighted by atomic mass is 19.4. The number of halogens is 6. The maximum atomic E-state index is 12.2. The molecule has 0 aliphatic carbocycles. The summed E-state index contributed by atoms with van der Waals surface area (Å²) >= 11 is 0. The second kappa shape index (κ2) is 3.65.